The van der Waals surface area contributed by atoms with Crippen molar-refractivity contribution in [2.75, 3.05) is 25.9 Å². The molecular weight excluding hydrogens is 307 g/mol. The number of carbonyl (C=O) groups is 1. The van der Waals surface area contributed by atoms with E-state index in [1.807, 2.05) is 0 Å². The van der Waals surface area contributed by atoms with Gasteiger partial charge in [0.1, 0.15) is 11.6 Å². The van der Waals surface area contributed by atoms with Crippen molar-refractivity contribution in [3.8, 4) is 0 Å². The van der Waals surface area contributed by atoms with Crippen molar-refractivity contribution >= 4 is 27.3 Å². The third-order valence-corrected chi connectivity index (χ3v) is 4.58. The molecule has 0 saturated heterocycles. The van der Waals surface area contributed by atoms with E-state index in [9.17, 15) is 17.6 Å². The van der Waals surface area contributed by atoms with Crippen LogP contribution in [0.2, 0.25) is 5.02 Å². The first kappa shape index (κ1) is 16.9. The molecule has 8 heteroatoms. The second-order valence-electron chi connectivity index (χ2n) is 4.29. The van der Waals surface area contributed by atoms with Crippen molar-refractivity contribution in [2.24, 2.45) is 5.73 Å². The lowest BCUT2D eigenvalue weighted by atomic mass is 10.3. The van der Waals surface area contributed by atoms with Crippen LogP contribution in [-0.2, 0) is 14.6 Å². The smallest absolute Gasteiger partial charge is 0.237 e. The Morgan fingerprint density at radius 1 is 1.45 bits per heavy atom. The monoisotopic (exact) mass is 322 g/mol. The van der Waals surface area contributed by atoms with Gasteiger partial charge in [0.05, 0.1) is 9.92 Å². The maximum Gasteiger partial charge on any atom is 0.237 e. The summed E-state index contributed by atoms with van der Waals surface area (Å²) in [5.41, 5.74) is 5.32. The lowest BCUT2D eigenvalue weighted by molar-refractivity contribution is -0.127. The Labute approximate surface area is 122 Å². The number of hydrogen-bond acceptors (Lipinski definition) is 4. The minimum absolute atomic E-state index is 0.176. The standard InChI is InChI=1S/C12H16ClFN2O3S/c1-16(6-2-5-15)12(17)8-20(18,19)9-3-4-11(14)10(13)7-9/h3-4,7H,2,5-6,8,15H2,1H3. The molecule has 5 nitrogen and oxygen atoms in total. The molecule has 0 atom stereocenters. The maximum absolute atomic E-state index is 13.0. The minimum atomic E-state index is -3.84. The average Bonchev–Trinajstić information content (AvgIpc) is 2.38. The van der Waals surface area contributed by atoms with E-state index in [0.29, 0.717) is 19.5 Å². The van der Waals surface area contributed by atoms with Gasteiger partial charge in [0, 0.05) is 13.6 Å². The molecule has 1 aromatic rings. The molecule has 0 fully saturated rings. The van der Waals surface area contributed by atoms with Crippen LogP contribution < -0.4 is 5.73 Å². The molecule has 1 rings (SSSR count). The molecule has 0 aliphatic carbocycles. The van der Waals surface area contributed by atoms with Crippen LogP contribution in [-0.4, -0.2) is 45.1 Å². The first-order chi connectivity index (χ1) is 9.27. The Morgan fingerprint density at radius 2 is 2.10 bits per heavy atom. The molecule has 0 unspecified atom stereocenters. The third kappa shape index (κ3) is 4.43. The number of sulfone groups is 1. The molecule has 0 radical (unpaired) electrons. The van der Waals surface area contributed by atoms with Crippen molar-refractivity contribution in [1.82, 2.24) is 4.90 Å². The molecule has 112 valence electrons. The van der Waals surface area contributed by atoms with E-state index in [4.69, 9.17) is 17.3 Å². The normalized spacial score (nSPS) is 11.4. The number of halogens is 2. The summed E-state index contributed by atoms with van der Waals surface area (Å²) in [6, 6.07) is 3.04. The van der Waals surface area contributed by atoms with Crippen molar-refractivity contribution in [3.05, 3.63) is 29.0 Å². The Hall–Kier alpha value is -1.18. The van der Waals surface area contributed by atoms with Gasteiger partial charge in [-0.3, -0.25) is 4.79 Å². The summed E-state index contributed by atoms with van der Waals surface area (Å²) in [6.07, 6.45) is 0.588. The van der Waals surface area contributed by atoms with Crippen LogP contribution >= 0.6 is 11.6 Å². The first-order valence-electron chi connectivity index (χ1n) is 5.90. The molecule has 0 aromatic heterocycles. The van der Waals surface area contributed by atoms with E-state index in [1.165, 1.54) is 11.9 Å². The zero-order chi connectivity index (χ0) is 15.3. The molecule has 0 bridgehead atoms. The number of nitrogens with zero attached hydrogens (tertiary/aromatic N) is 1. The van der Waals surface area contributed by atoms with E-state index in [-0.39, 0.29) is 9.92 Å². The summed E-state index contributed by atoms with van der Waals surface area (Å²) in [7, 11) is -2.34. The van der Waals surface area contributed by atoms with Gasteiger partial charge >= 0.3 is 0 Å². The number of amides is 1. The third-order valence-electron chi connectivity index (χ3n) is 2.69. The number of rotatable bonds is 6. The van der Waals surface area contributed by atoms with Gasteiger partial charge in [-0.2, -0.15) is 0 Å². The van der Waals surface area contributed by atoms with E-state index in [1.54, 1.807) is 0 Å². The average molecular weight is 323 g/mol. The molecule has 0 aliphatic rings. The molecule has 0 spiro atoms. The van der Waals surface area contributed by atoms with Gasteiger partial charge in [0.15, 0.2) is 9.84 Å². The molecule has 2 N–H and O–H groups in total. The van der Waals surface area contributed by atoms with Gasteiger partial charge in [-0.25, -0.2) is 12.8 Å². The Morgan fingerprint density at radius 3 is 2.65 bits per heavy atom. The van der Waals surface area contributed by atoms with E-state index in [0.717, 1.165) is 18.2 Å². The highest BCUT2D eigenvalue weighted by atomic mass is 35.5. The van der Waals surface area contributed by atoms with Crippen LogP contribution in [0, 0.1) is 5.82 Å². The highest BCUT2D eigenvalue weighted by molar-refractivity contribution is 7.92. The Kier molecular flexibility index (Phi) is 5.91. The zero-order valence-electron chi connectivity index (χ0n) is 11.0. The highest BCUT2D eigenvalue weighted by Crippen LogP contribution is 2.20. The molecule has 20 heavy (non-hydrogen) atoms. The van der Waals surface area contributed by atoms with Crippen molar-refractivity contribution in [3.63, 3.8) is 0 Å². The Bertz CT molecular complexity index is 592. The number of carbonyl (C=O) groups excluding carboxylic acids is 1. The lowest BCUT2D eigenvalue weighted by Crippen LogP contribution is -2.34. The van der Waals surface area contributed by atoms with E-state index >= 15 is 0 Å². The van der Waals surface area contributed by atoms with Gasteiger partial charge in [-0.05, 0) is 31.2 Å². The molecule has 0 heterocycles. The number of benzene rings is 1. The quantitative estimate of drug-likeness (QED) is 0.794. The number of nitrogens with two attached hydrogens (primary N) is 1. The molecule has 0 aliphatic heterocycles. The fourth-order valence-corrected chi connectivity index (χ4v) is 3.01. The summed E-state index contributed by atoms with van der Waals surface area (Å²) < 4.78 is 37.1. The van der Waals surface area contributed by atoms with Crippen LogP contribution in [0.1, 0.15) is 6.42 Å². The zero-order valence-corrected chi connectivity index (χ0v) is 12.5. The summed E-state index contributed by atoms with van der Waals surface area (Å²) in [4.78, 5) is 12.9. The summed E-state index contributed by atoms with van der Waals surface area (Å²) in [5, 5.41) is -0.296. The van der Waals surface area contributed by atoms with Gasteiger partial charge in [0.25, 0.3) is 0 Å². The molecule has 1 amide bonds. The first-order valence-corrected chi connectivity index (χ1v) is 7.93. The summed E-state index contributed by atoms with van der Waals surface area (Å²) in [6.45, 7) is 0.799. The predicted octanol–water partition coefficient (Wildman–Crippen LogP) is 1.06. The fourth-order valence-electron chi connectivity index (χ4n) is 1.48. The van der Waals surface area contributed by atoms with Gasteiger partial charge in [0.2, 0.25) is 5.91 Å². The highest BCUT2D eigenvalue weighted by Gasteiger charge is 2.22. The van der Waals surface area contributed by atoms with E-state index in [2.05, 4.69) is 0 Å². The lowest BCUT2D eigenvalue weighted by Gasteiger charge is -2.16. The van der Waals surface area contributed by atoms with Crippen molar-refractivity contribution in [2.45, 2.75) is 11.3 Å². The van der Waals surface area contributed by atoms with Crippen LogP contribution in [0.4, 0.5) is 4.39 Å². The van der Waals surface area contributed by atoms with Gasteiger partial charge in [-0.15, -0.1) is 0 Å². The van der Waals surface area contributed by atoms with Crippen molar-refractivity contribution in [1.29, 1.82) is 0 Å². The van der Waals surface area contributed by atoms with Crippen LogP contribution in [0.15, 0.2) is 23.1 Å². The van der Waals surface area contributed by atoms with E-state index < -0.39 is 27.3 Å². The van der Waals surface area contributed by atoms with Gasteiger partial charge in [-0.1, -0.05) is 11.6 Å². The van der Waals surface area contributed by atoms with Crippen LogP contribution in [0.3, 0.4) is 0 Å². The van der Waals surface area contributed by atoms with Gasteiger partial charge < -0.3 is 10.6 Å². The topological polar surface area (TPSA) is 80.5 Å². The fraction of sp³-hybridized carbons (Fsp3) is 0.417. The number of hydrogen-bond donors (Lipinski definition) is 1. The summed E-state index contributed by atoms with van der Waals surface area (Å²) >= 11 is 5.54. The molecule has 0 saturated carbocycles. The SMILES string of the molecule is CN(CCCN)C(=O)CS(=O)(=O)c1ccc(F)c(Cl)c1. The molecular formula is C12H16ClFN2O3S. The minimum Gasteiger partial charge on any atom is -0.345 e. The maximum atomic E-state index is 13.0. The predicted molar refractivity (Wildman–Crippen MR) is 74.8 cm³/mol. The van der Waals surface area contributed by atoms with Crippen molar-refractivity contribution < 1.29 is 17.6 Å². The van der Waals surface area contributed by atoms with Crippen LogP contribution in [0.25, 0.3) is 0 Å². The second-order valence-corrected chi connectivity index (χ2v) is 6.69. The summed E-state index contributed by atoms with van der Waals surface area (Å²) in [5.74, 6) is -1.94. The van der Waals surface area contributed by atoms with Crippen LogP contribution in [0.5, 0.6) is 0 Å². The largest absolute Gasteiger partial charge is 0.345 e. The second kappa shape index (κ2) is 7.01. The Balaban J connectivity index is 2.84. The molecule has 1 aromatic carbocycles.